The summed E-state index contributed by atoms with van der Waals surface area (Å²) in [6.45, 7) is 5.85. The fraction of sp³-hybridized carbons (Fsp3) is 0.300. The van der Waals surface area contributed by atoms with Crippen LogP contribution in [0.15, 0.2) is 23.0 Å². The van der Waals surface area contributed by atoms with Crippen molar-refractivity contribution in [1.29, 1.82) is 0 Å². The topological polar surface area (TPSA) is 106 Å². The molecule has 0 aliphatic rings. The number of carbonyl (C=O) groups is 1. The number of benzene rings is 1. The Hall–Kier alpha value is -3.42. The second kappa shape index (κ2) is 7.67. The van der Waals surface area contributed by atoms with Gasteiger partial charge in [0.1, 0.15) is 5.82 Å². The van der Waals surface area contributed by atoms with Gasteiger partial charge in [-0.05, 0) is 42.7 Å². The van der Waals surface area contributed by atoms with Gasteiger partial charge in [-0.25, -0.2) is 4.98 Å². The van der Waals surface area contributed by atoms with Crippen molar-refractivity contribution in [3.05, 3.63) is 45.2 Å². The van der Waals surface area contributed by atoms with Gasteiger partial charge >= 0.3 is 0 Å². The maximum absolute atomic E-state index is 12.6. The fourth-order valence-electron chi connectivity index (χ4n) is 3.08. The minimum atomic E-state index is -0.314. The van der Waals surface area contributed by atoms with Crippen LogP contribution in [0, 0.1) is 13.8 Å². The molecule has 2 aromatic heterocycles. The van der Waals surface area contributed by atoms with Crippen LogP contribution in [0.3, 0.4) is 0 Å². The standard InChI is InChI=1S/C20H22N4O4/c1-10-6-13(7-11(2)15(10)9-21-12(3)25)17-22-18-14(19(26)23-17)8-16(27-4)20(24-18)28-5/h6-8H,9H2,1-5H3,(H,21,25)(H,22,23,24,26). The SMILES string of the molecule is COc1cc2c(=O)[nH]c(-c3cc(C)c(CNC(C)=O)c(C)c3)nc2nc1OC. The van der Waals surface area contributed by atoms with Gasteiger partial charge in [0.25, 0.3) is 11.4 Å². The molecule has 28 heavy (non-hydrogen) atoms. The lowest BCUT2D eigenvalue weighted by molar-refractivity contribution is -0.119. The molecule has 0 bridgehead atoms. The zero-order valence-corrected chi connectivity index (χ0v) is 16.5. The maximum Gasteiger partial charge on any atom is 0.260 e. The zero-order chi connectivity index (χ0) is 20.4. The number of hydrogen-bond acceptors (Lipinski definition) is 6. The summed E-state index contributed by atoms with van der Waals surface area (Å²) in [4.78, 5) is 35.4. The number of ether oxygens (including phenoxy) is 2. The first kappa shape index (κ1) is 19.3. The lowest BCUT2D eigenvalue weighted by Gasteiger charge is -2.13. The number of pyridine rings is 1. The minimum absolute atomic E-state index is 0.0844. The van der Waals surface area contributed by atoms with E-state index in [0.29, 0.717) is 23.5 Å². The van der Waals surface area contributed by atoms with Crippen LogP contribution in [-0.4, -0.2) is 35.1 Å². The summed E-state index contributed by atoms with van der Waals surface area (Å²) in [6, 6.07) is 5.41. The van der Waals surface area contributed by atoms with Crippen molar-refractivity contribution in [3.63, 3.8) is 0 Å². The van der Waals surface area contributed by atoms with E-state index in [9.17, 15) is 9.59 Å². The largest absolute Gasteiger partial charge is 0.491 e. The first-order valence-corrected chi connectivity index (χ1v) is 8.72. The van der Waals surface area contributed by atoms with E-state index in [1.165, 1.54) is 21.1 Å². The van der Waals surface area contributed by atoms with Crippen molar-refractivity contribution < 1.29 is 14.3 Å². The highest BCUT2D eigenvalue weighted by atomic mass is 16.5. The summed E-state index contributed by atoms with van der Waals surface area (Å²) in [5.74, 6) is 0.953. The molecule has 0 aliphatic heterocycles. The van der Waals surface area contributed by atoms with Gasteiger partial charge in [0.05, 0.1) is 19.6 Å². The highest BCUT2D eigenvalue weighted by molar-refractivity contribution is 5.79. The Morgan fingerprint density at radius 1 is 1.11 bits per heavy atom. The molecule has 0 spiro atoms. The fourth-order valence-corrected chi connectivity index (χ4v) is 3.08. The highest BCUT2D eigenvalue weighted by Gasteiger charge is 2.14. The number of methoxy groups -OCH3 is 2. The summed E-state index contributed by atoms with van der Waals surface area (Å²) in [5.41, 5.74) is 3.74. The molecule has 0 saturated carbocycles. The second-order valence-electron chi connectivity index (χ2n) is 6.48. The number of aromatic amines is 1. The van der Waals surface area contributed by atoms with E-state index >= 15 is 0 Å². The van der Waals surface area contributed by atoms with Gasteiger partial charge in [0.2, 0.25) is 5.91 Å². The van der Waals surface area contributed by atoms with Gasteiger partial charge in [-0.2, -0.15) is 4.98 Å². The molecule has 3 aromatic rings. The molecule has 0 unspecified atom stereocenters. The molecule has 0 fully saturated rings. The predicted molar refractivity (Wildman–Crippen MR) is 106 cm³/mol. The molecule has 146 valence electrons. The quantitative estimate of drug-likeness (QED) is 0.701. The third-order valence-electron chi connectivity index (χ3n) is 4.53. The van der Waals surface area contributed by atoms with Crippen LogP contribution < -0.4 is 20.3 Å². The van der Waals surface area contributed by atoms with Crippen LogP contribution in [0.25, 0.3) is 22.4 Å². The molecule has 8 nitrogen and oxygen atoms in total. The Balaban J connectivity index is 2.11. The molecule has 1 aromatic carbocycles. The highest BCUT2D eigenvalue weighted by Crippen LogP contribution is 2.28. The monoisotopic (exact) mass is 382 g/mol. The number of aromatic nitrogens is 3. The van der Waals surface area contributed by atoms with Crippen molar-refractivity contribution in [2.24, 2.45) is 0 Å². The molecule has 0 radical (unpaired) electrons. The molecule has 1 amide bonds. The van der Waals surface area contributed by atoms with E-state index in [1.807, 2.05) is 26.0 Å². The minimum Gasteiger partial charge on any atom is -0.491 e. The van der Waals surface area contributed by atoms with Crippen molar-refractivity contribution in [2.45, 2.75) is 27.3 Å². The molecule has 0 aliphatic carbocycles. The first-order chi connectivity index (χ1) is 13.3. The normalized spacial score (nSPS) is 10.8. The lowest BCUT2D eigenvalue weighted by Crippen LogP contribution is -2.20. The summed E-state index contributed by atoms with van der Waals surface area (Å²) in [6.07, 6.45) is 0. The molecular formula is C20H22N4O4. The molecule has 2 heterocycles. The van der Waals surface area contributed by atoms with Crippen molar-refractivity contribution in [1.82, 2.24) is 20.3 Å². The number of nitrogens with zero attached hydrogens (tertiary/aromatic N) is 2. The van der Waals surface area contributed by atoms with Gasteiger partial charge in [-0.3, -0.25) is 9.59 Å². The van der Waals surface area contributed by atoms with E-state index in [1.54, 1.807) is 6.07 Å². The van der Waals surface area contributed by atoms with Crippen LogP contribution in [0.1, 0.15) is 23.6 Å². The van der Waals surface area contributed by atoms with Crippen molar-refractivity contribution >= 4 is 16.9 Å². The van der Waals surface area contributed by atoms with Crippen LogP contribution in [0.5, 0.6) is 11.6 Å². The van der Waals surface area contributed by atoms with Gasteiger partial charge in [-0.1, -0.05) is 0 Å². The third kappa shape index (κ3) is 3.66. The smallest absolute Gasteiger partial charge is 0.260 e. The van der Waals surface area contributed by atoms with E-state index in [4.69, 9.17) is 9.47 Å². The molecular weight excluding hydrogens is 360 g/mol. The van der Waals surface area contributed by atoms with E-state index in [0.717, 1.165) is 22.3 Å². The number of carbonyl (C=O) groups excluding carboxylic acids is 1. The van der Waals surface area contributed by atoms with Crippen LogP contribution in [-0.2, 0) is 11.3 Å². The Morgan fingerprint density at radius 2 is 1.79 bits per heavy atom. The van der Waals surface area contributed by atoms with E-state index < -0.39 is 0 Å². The second-order valence-corrected chi connectivity index (χ2v) is 6.48. The molecule has 8 heteroatoms. The average Bonchev–Trinajstić information content (AvgIpc) is 2.65. The van der Waals surface area contributed by atoms with Gasteiger partial charge in [0.15, 0.2) is 11.4 Å². The van der Waals surface area contributed by atoms with Gasteiger partial charge in [0, 0.05) is 25.1 Å². The van der Waals surface area contributed by atoms with Gasteiger partial charge in [-0.15, -0.1) is 0 Å². The summed E-state index contributed by atoms with van der Waals surface area (Å²) < 4.78 is 10.4. The summed E-state index contributed by atoms with van der Waals surface area (Å²) in [7, 11) is 2.96. The van der Waals surface area contributed by atoms with Crippen LogP contribution >= 0.6 is 0 Å². The number of nitrogens with one attached hydrogen (secondary N) is 2. The number of rotatable bonds is 5. The molecule has 0 saturated heterocycles. The number of aryl methyl sites for hydroxylation is 2. The number of amides is 1. The molecule has 3 rings (SSSR count). The zero-order valence-electron chi connectivity index (χ0n) is 16.5. The Labute approximate surface area is 161 Å². The average molecular weight is 382 g/mol. The van der Waals surface area contributed by atoms with Crippen molar-refractivity contribution in [3.8, 4) is 23.0 Å². The van der Waals surface area contributed by atoms with Crippen molar-refractivity contribution in [2.75, 3.05) is 14.2 Å². The molecule has 0 atom stereocenters. The van der Waals surface area contributed by atoms with E-state index in [2.05, 4.69) is 20.3 Å². The maximum atomic E-state index is 12.6. The van der Waals surface area contributed by atoms with Crippen LogP contribution in [0.4, 0.5) is 0 Å². The summed E-state index contributed by atoms with van der Waals surface area (Å²) in [5, 5.41) is 3.13. The Bertz CT molecular complexity index is 1100. The first-order valence-electron chi connectivity index (χ1n) is 8.72. The number of H-pyrrole nitrogens is 1. The third-order valence-corrected chi connectivity index (χ3v) is 4.53. The molecule has 2 N–H and O–H groups in total. The number of hydrogen-bond donors (Lipinski definition) is 2. The Kier molecular flexibility index (Phi) is 5.30. The number of fused-ring (bicyclic) bond motifs is 1. The predicted octanol–water partition coefficient (Wildman–Crippen LogP) is 2.26. The van der Waals surface area contributed by atoms with Crippen LogP contribution in [0.2, 0.25) is 0 Å². The summed E-state index contributed by atoms with van der Waals surface area (Å²) >= 11 is 0. The Morgan fingerprint density at radius 3 is 2.36 bits per heavy atom. The van der Waals surface area contributed by atoms with Gasteiger partial charge < -0.3 is 19.8 Å². The lowest BCUT2D eigenvalue weighted by atomic mass is 9.98. The van der Waals surface area contributed by atoms with E-state index in [-0.39, 0.29) is 23.0 Å².